The number of carbonyl (C=O) groups excluding carboxylic acids is 1. The molecule has 0 saturated carbocycles. The lowest BCUT2D eigenvalue weighted by atomic mass is 10.1. The van der Waals surface area contributed by atoms with Crippen LogP contribution in [0.2, 0.25) is 0 Å². The van der Waals surface area contributed by atoms with E-state index in [4.69, 9.17) is 0 Å². The molecule has 0 spiro atoms. The van der Waals surface area contributed by atoms with Crippen molar-refractivity contribution < 1.29 is 14.6 Å². The van der Waals surface area contributed by atoms with Gasteiger partial charge in [0.2, 0.25) is 0 Å². The molecule has 3 nitrogen and oxygen atoms in total. The third-order valence-corrected chi connectivity index (χ3v) is 1.82. The monoisotopic (exact) mass is 180 g/mol. The molecule has 1 rings (SSSR count). The molecule has 0 aliphatic rings. The number of hydrogen-bond donors (Lipinski definition) is 1. The largest absolute Gasteiger partial charge is 0.467 e. The van der Waals surface area contributed by atoms with Crippen molar-refractivity contribution >= 4 is 5.97 Å². The van der Waals surface area contributed by atoms with Gasteiger partial charge in [0.05, 0.1) is 7.11 Å². The molecule has 0 aromatic heterocycles. The number of ether oxygens (including phenoxy) is 1. The van der Waals surface area contributed by atoms with E-state index >= 15 is 0 Å². The Balaban J connectivity index is 2.83. The Bertz CT molecular complexity index is 290. The van der Waals surface area contributed by atoms with Crippen LogP contribution < -0.4 is 0 Å². The van der Waals surface area contributed by atoms with Crippen LogP contribution in [0, 0.1) is 6.92 Å². The van der Waals surface area contributed by atoms with E-state index in [1.807, 2.05) is 19.1 Å². The summed E-state index contributed by atoms with van der Waals surface area (Å²) in [6.45, 7) is 1.94. The molecule has 0 saturated heterocycles. The maximum absolute atomic E-state index is 10.9. The molecule has 1 aromatic carbocycles. The summed E-state index contributed by atoms with van der Waals surface area (Å²) in [6, 6.07) is 7.08. The molecule has 0 bridgehead atoms. The summed E-state index contributed by atoms with van der Waals surface area (Å²) in [4.78, 5) is 10.9. The molecule has 1 aromatic rings. The third kappa shape index (κ3) is 2.29. The summed E-state index contributed by atoms with van der Waals surface area (Å²) >= 11 is 0. The molecular weight excluding hydrogens is 168 g/mol. The summed E-state index contributed by atoms with van der Waals surface area (Å²) in [6.07, 6.45) is -1.18. The minimum absolute atomic E-state index is 0.553. The second-order valence-corrected chi connectivity index (χ2v) is 2.84. The average molecular weight is 180 g/mol. The van der Waals surface area contributed by atoms with Gasteiger partial charge in [0.1, 0.15) is 0 Å². The van der Waals surface area contributed by atoms with E-state index in [-0.39, 0.29) is 0 Å². The first-order valence-corrected chi connectivity index (χ1v) is 3.97. The van der Waals surface area contributed by atoms with Crippen LogP contribution in [0.4, 0.5) is 0 Å². The minimum atomic E-state index is -1.18. The fourth-order valence-electron chi connectivity index (χ4n) is 0.996. The van der Waals surface area contributed by atoms with E-state index in [1.54, 1.807) is 12.1 Å². The molecule has 13 heavy (non-hydrogen) atoms. The number of esters is 1. The normalized spacial score (nSPS) is 12.2. The molecular formula is C10H12O3. The third-order valence-electron chi connectivity index (χ3n) is 1.82. The molecule has 0 aliphatic carbocycles. The molecule has 0 amide bonds. The zero-order valence-electron chi connectivity index (χ0n) is 7.65. The molecule has 0 aliphatic heterocycles. The van der Waals surface area contributed by atoms with Crippen LogP contribution in [-0.2, 0) is 9.53 Å². The first-order chi connectivity index (χ1) is 6.15. The molecule has 3 heteroatoms. The minimum Gasteiger partial charge on any atom is -0.467 e. The van der Waals surface area contributed by atoms with Crippen molar-refractivity contribution in [3.8, 4) is 0 Å². The SMILES string of the molecule is COC(=O)C(O)c1ccc(C)cc1. The van der Waals surface area contributed by atoms with E-state index in [9.17, 15) is 9.90 Å². The summed E-state index contributed by atoms with van der Waals surface area (Å²) < 4.78 is 4.41. The lowest BCUT2D eigenvalue weighted by molar-refractivity contribution is -0.150. The fourth-order valence-corrected chi connectivity index (χ4v) is 0.996. The van der Waals surface area contributed by atoms with Gasteiger partial charge in [0, 0.05) is 0 Å². The number of aliphatic hydroxyl groups excluding tert-OH is 1. The van der Waals surface area contributed by atoms with Gasteiger partial charge in [-0.3, -0.25) is 0 Å². The number of methoxy groups -OCH3 is 1. The smallest absolute Gasteiger partial charge is 0.339 e. The Morgan fingerprint density at radius 2 is 1.92 bits per heavy atom. The summed E-state index contributed by atoms with van der Waals surface area (Å²) in [5.41, 5.74) is 1.64. The van der Waals surface area contributed by atoms with E-state index in [1.165, 1.54) is 7.11 Å². The zero-order valence-corrected chi connectivity index (χ0v) is 7.65. The van der Waals surface area contributed by atoms with Crippen molar-refractivity contribution in [1.82, 2.24) is 0 Å². The molecule has 1 N–H and O–H groups in total. The van der Waals surface area contributed by atoms with Gasteiger partial charge in [0.15, 0.2) is 6.10 Å². The number of aryl methyl sites for hydroxylation is 1. The summed E-state index contributed by atoms with van der Waals surface area (Å²) in [5, 5.41) is 9.41. The van der Waals surface area contributed by atoms with E-state index < -0.39 is 12.1 Å². The maximum atomic E-state index is 10.9. The van der Waals surface area contributed by atoms with Gasteiger partial charge in [-0.2, -0.15) is 0 Å². The highest BCUT2D eigenvalue weighted by Crippen LogP contribution is 2.14. The predicted molar refractivity (Wildman–Crippen MR) is 48.2 cm³/mol. The van der Waals surface area contributed by atoms with Crippen molar-refractivity contribution in [1.29, 1.82) is 0 Å². The Hall–Kier alpha value is -1.35. The van der Waals surface area contributed by atoms with Gasteiger partial charge in [-0.25, -0.2) is 4.79 Å². The van der Waals surface area contributed by atoms with Crippen LogP contribution in [0.3, 0.4) is 0 Å². The van der Waals surface area contributed by atoms with E-state index in [2.05, 4.69) is 4.74 Å². The molecule has 0 fully saturated rings. The molecule has 1 atom stereocenters. The van der Waals surface area contributed by atoms with Crippen molar-refractivity contribution in [2.75, 3.05) is 7.11 Å². The van der Waals surface area contributed by atoms with Crippen molar-refractivity contribution in [2.45, 2.75) is 13.0 Å². The second-order valence-electron chi connectivity index (χ2n) is 2.84. The van der Waals surface area contributed by atoms with Crippen LogP contribution >= 0.6 is 0 Å². The number of carbonyl (C=O) groups is 1. The van der Waals surface area contributed by atoms with Crippen LogP contribution in [0.5, 0.6) is 0 Å². The van der Waals surface area contributed by atoms with Gasteiger partial charge in [-0.15, -0.1) is 0 Å². The van der Waals surface area contributed by atoms with Gasteiger partial charge in [-0.1, -0.05) is 29.8 Å². The number of rotatable bonds is 2. The predicted octanol–water partition coefficient (Wildman–Crippen LogP) is 1.20. The Morgan fingerprint density at radius 1 is 1.38 bits per heavy atom. The molecule has 1 unspecified atom stereocenters. The lowest BCUT2D eigenvalue weighted by Gasteiger charge is -2.07. The van der Waals surface area contributed by atoms with Gasteiger partial charge >= 0.3 is 5.97 Å². The number of aliphatic hydroxyl groups is 1. The quantitative estimate of drug-likeness (QED) is 0.695. The first-order valence-electron chi connectivity index (χ1n) is 3.97. The molecule has 0 heterocycles. The van der Waals surface area contributed by atoms with Gasteiger partial charge in [0.25, 0.3) is 0 Å². The van der Waals surface area contributed by atoms with E-state index in [0.717, 1.165) is 5.56 Å². The van der Waals surface area contributed by atoms with E-state index in [0.29, 0.717) is 5.56 Å². The van der Waals surface area contributed by atoms with Crippen molar-refractivity contribution in [3.05, 3.63) is 35.4 Å². The highest BCUT2D eigenvalue weighted by molar-refractivity contribution is 5.76. The Labute approximate surface area is 77.0 Å². The number of benzene rings is 1. The van der Waals surface area contributed by atoms with Crippen LogP contribution in [0.25, 0.3) is 0 Å². The van der Waals surface area contributed by atoms with Crippen molar-refractivity contribution in [3.63, 3.8) is 0 Å². The van der Waals surface area contributed by atoms with Gasteiger partial charge in [-0.05, 0) is 12.5 Å². The highest BCUT2D eigenvalue weighted by Gasteiger charge is 2.16. The lowest BCUT2D eigenvalue weighted by Crippen LogP contribution is -2.13. The average Bonchev–Trinajstić information content (AvgIpc) is 2.17. The summed E-state index contributed by atoms with van der Waals surface area (Å²) in [7, 11) is 1.25. The zero-order chi connectivity index (χ0) is 9.84. The van der Waals surface area contributed by atoms with Crippen LogP contribution in [0.15, 0.2) is 24.3 Å². The van der Waals surface area contributed by atoms with Gasteiger partial charge < -0.3 is 9.84 Å². The highest BCUT2D eigenvalue weighted by atomic mass is 16.5. The summed E-state index contributed by atoms with van der Waals surface area (Å²) in [5.74, 6) is -0.635. The second kappa shape index (κ2) is 4.05. The van der Waals surface area contributed by atoms with Crippen LogP contribution in [0.1, 0.15) is 17.2 Å². The fraction of sp³-hybridized carbons (Fsp3) is 0.300. The number of hydrogen-bond acceptors (Lipinski definition) is 3. The topological polar surface area (TPSA) is 46.5 Å². The Morgan fingerprint density at radius 3 is 2.38 bits per heavy atom. The Kier molecular flexibility index (Phi) is 3.03. The standard InChI is InChI=1S/C10H12O3/c1-7-3-5-8(6-4-7)9(11)10(12)13-2/h3-6,9,11H,1-2H3. The molecule has 70 valence electrons. The van der Waals surface area contributed by atoms with Crippen LogP contribution in [-0.4, -0.2) is 18.2 Å². The maximum Gasteiger partial charge on any atom is 0.339 e. The van der Waals surface area contributed by atoms with Crippen molar-refractivity contribution in [2.24, 2.45) is 0 Å². The molecule has 0 radical (unpaired) electrons. The first kappa shape index (κ1) is 9.74.